The van der Waals surface area contributed by atoms with E-state index in [2.05, 4.69) is 15.2 Å². The van der Waals surface area contributed by atoms with E-state index in [0.29, 0.717) is 25.5 Å². The van der Waals surface area contributed by atoms with Crippen LogP contribution >= 0.6 is 0 Å². The monoisotopic (exact) mass is 329 g/mol. The smallest absolute Gasteiger partial charge is 0.270 e. The molecule has 2 heterocycles. The number of β-amino-alcohol motifs (C(OH)–C–C–N with tert-alkyl or cyclic N) is 1. The maximum absolute atomic E-state index is 12.3. The fourth-order valence-corrected chi connectivity index (χ4v) is 2.85. The Labute approximate surface area is 141 Å². The Morgan fingerprint density at radius 2 is 2.04 bits per heavy atom. The summed E-state index contributed by atoms with van der Waals surface area (Å²) in [6, 6.07) is 11.2. The highest BCUT2D eigenvalue weighted by atomic mass is 16.5. The van der Waals surface area contributed by atoms with Gasteiger partial charge in [-0.05, 0) is 19.1 Å². The minimum Gasteiger partial charge on any atom is -0.387 e. The number of ether oxygens (including phenoxy) is 1. The van der Waals surface area contributed by atoms with Gasteiger partial charge in [-0.15, -0.1) is 0 Å². The van der Waals surface area contributed by atoms with Crippen LogP contribution in [0.3, 0.4) is 0 Å². The number of hydrogen-bond donors (Lipinski definition) is 2. The van der Waals surface area contributed by atoms with Crippen molar-refractivity contribution in [3.63, 3.8) is 0 Å². The topological polar surface area (TPSA) is 74.7 Å². The van der Waals surface area contributed by atoms with Gasteiger partial charge >= 0.3 is 0 Å². The van der Waals surface area contributed by atoms with Gasteiger partial charge in [0, 0.05) is 31.6 Å². The van der Waals surface area contributed by atoms with Crippen LogP contribution in [0.5, 0.6) is 0 Å². The van der Waals surface area contributed by atoms with Crippen LogP contribution in [0.25, 0.3) is 10.9 Å². The zero-order chi connectivity index (χ0) is 17.0. The average Bonchev–Trinajstić information content (AvgIpc) is 2.60. The molecule has 1 aliphatic heterocycles. The maximum atomic E-state index is 12.3. The molecule has 2 aromatic rings. The van der Waals surface area contributed by atoms with Crippen LogP contribution < -0.4 is 5.32 Å². The normalized spacial score (nSPS) is 18.2. The van der Waals surface area contributed by atoms with Crippen molar-refractivity contribution in [1.82, 2.24) is 15.2 Å². The van der Waals surface area contributed by atoms with Gasteiger partial charge in [-0.3, -0.25) is 9.69 Å². The third-order valence-corrected chi connectivity index (χ3v) is 4.13. The molecule has 1 atom stereocenters. The van der Waals surface area contributed by atoms with Crippen molar-refractivity contribution in [3.05, 3.63) is 42.1 Å². The molecule has 6 heteroatoms. The van der Waals surface area contributed by atoms with Crippen LogP contribution in [-0.4, -0.2) is 65.9 Å². The molecule has 1 saturated heterocycles. The van der Waals surface area contributed by atoms with Crippen LogP contribution in [0.15, 0.2) is 36.4 Å². The first-order valence-corrected chi connectivity index (χ1v) is 8.20. The van der Waals surface area contributed by atoms with E-state index in [9.17, 15) is 9.90 Å². The fourth-order valence-electron chi connectivity index (χ4n) is 2.85. The minimum atomic E-state index is -0.996. The van der Waals surface area contributed by atoms with E-state index in [-0.39, 0.29) is 12.5 Å². The van der Waals surface area contributed by atoms with Gasteiger partial charge in [0.05, 0.1) is 24.3 Å². The van der Waals surface area contributed by atoms with Crippen molar-refractivity contribution in [1.29, 1.82) is 0 Å². The SMILES string of the molecule is C[C@@](O)(CNC(=O)c1ccc2ccccc2n1)CN1CCOCC1. The van der Waals surface area contributed by atoms with Crippen LogP contribution in [0, 0.1) is 0 Å². The highest BCUT2D eigenvalue weighted by Crippen LogP contribution is 2.12. The second-order valence-electron chi connectivity index (χ2n) is 6.46. The van der Waals surface area contributed by atoms with Crippen molar-refractivity contribution in [3.8, 4) is 0 Å². The number of amides is 1. The number of para-hydroxylation sites is 1. The van der Waals surface area contributed by atoms with E-state index >= 15 is 0 Å². The minimum absolute atomic E-state index is 0.178. The summed E-state index contributed by atoms with van der Waals surface area (Å²) in [7, 11) is 0. The van der Waals surface area contributed by atoms with Gasteiger partial charge in [-0.1, -0.05) is 24.3 Å². The molecule has 0 unspecified atom stereocenters. The lowest BCUT2D eigenvalue weighted by Crippen LogP contribution is -2.51. The second kappa shape index (κ2) is 7.25. The van der Waals surface area contributed by atoms with Gasteiger partial charge in [0.25, 0.3) is 5.91 Å². The Morgan fingerprint density at radius 1 is 1.29 bits per heavy atom. The number of hydrogen-bond acceptors (Lipinski definition) is 5. The number of fused-ring (bicyclic) bond motifs is 1. The van der Waals surface area contributed by atoms with Gasteiger partial charge in [0.1, 0.15) is 5.69 Å². The lowest BCUT2D eigenvalue weighted by molar-refractivity contribution is -0.0213. The predicted octanol–water partition coefficient (Wildman–Crippen LogP) is 1.05. The van der Waals surface area contributed by atoms with Gasteiger partial charge < -0.3 is 15.2 Å². The number of carbonyl (C=O) groups is 1. The number of morpholine rings is 1. The summed E-state index contributed by atoms with van der Waals surface area (Å²) in [4.78, 5) is 18.8. The molecular formula is C18H23N3O3. The number of carbonyl (C=O) groups excluding carboxylic acids is 1. The standard InChI is InChI=1S/C18H23N3O3/c1-18(23,13-21-8-10-24-11-9-21)12-19-17(22)16-7-6-14-4-2-3-5-15(14)20-16/h2-7,23H,8-13H2,1H3,(H,19,22)/t18-/m1/s1. The van der Waals surface area contributed by atoms with E-state index in [0.717, 1.165) is 24.0 Å². The number of aromatic nitrogens is 1. The van der Waals surface area contributed by atoms with E-state index in [1.807, 2.05) is 30.3 Å². The first-order chi connectivity index (χ1) is 11.5. The summed E-state index contributed by atoms with van der Waals surface area (Å²) in [5, 5.41) is 14.3. The molecule has 6 nitrogen and oxygen atoms in total. The van der Waals surface area contributed by atoms with Crippen molar-refractivity contribution in [2.75, 3.05) is 39.4 Å². The van der Waals surface area contributed by atoms with E-state index in [1.165, 1.54) is 0 Å². The molecule has 1 fully saturated rings. The van der Waals surface area contributed by atoms with Crippen LogP contribution in [-0.2, 0) is 4.74 Å². The van der Waals surface area contributed by atoms with E-state index in [4.69, 9.17) is 4.74 Å². The fraction of sp³-hybridized carbons (Fsp3) is 0.444. The summed E-state index contributed by atoms with van der Waals surface area (Å²) >= 11 is 0. The summed E-state index contributed by atoms with van der Waals surface area (Å²) in [5.74, 6) is -0.275. The van der Waals surface area contributed by atoms with E-state index < -0.39 is 5.60 Å². The van der Waals surface area contributed by atoms with Gasteiger partial charge in [-0.25, -0.2) is 4.98 Å². The first-order valence-electron chi connectivity index (χ1n) is 8.20. The lowest BCUT2D eigenvalue weighted by Gasteiger charge is -2.33. The Hall–Kier alpha value is -2.02. The summed E-state index contributed by atoms with van der Waals surface area (Å²) < 4.78 is 5.30. The quantitative estimate of drug-likeness (QED) is 0.858. The number of benzene rings is 1. The first kappa shape index (κ1) is 16.8. The van der Waals surface area contributed by atoms with Crippen LogP contribution in [0.4, 0.5) is 0 Å². The summed E-state index contributed by atoms with van der Waals surface area (Å²) in [5.41, 5.74) is 0.144. The second-order valence-corrected chi connectivity index (χ2v) is 6.46. The Kier molecular flexibility index (Phi) is 5.08. The molecule has 1 aromatic heterocycles. The molecular weight excluding hydrogens is 306 g/mol. The summed E-state index contributed by atoms with van der Waals surface area (Å²) in [6.45, 7) is 5.38. The third kappa shape index (κ3) is 4.29. The molecule has 24 heavy (non-hydrogen) atoms. The molecule has 0 radical (unpaired) electrons. The highest BCUT2D eigenvalue weighted by molar-refractivity contribution is 5.94. The van der Waals surface area contributed by atoms with Gasteiger partial charge in [0.2, 0.25) is 0 Å². The molecule has 128 valence electrons. The zero-order valence-corrected chi connectivity index (χ0v) is 13.9. The van der Waals surface area contributed by atoms with Gasteiger partial charge in [-0.2, -0.15) is 0 Å². The molecule has 1 aliphatic rings. The Morgan fingerprint density at radius 3 is 2.83 bits per heavy atom. The van der Waals surface area contributed by atoms with Crippen molar-refractivity contribution in [2.24, 2.45) is 0 Å². The van der Waals surface area contributed by atoms with Crippen LogP contribution in [0.1, 0.15) is 17.4 Å². The molecule has 2 N–H and O–H groups in total. The maximum Gasteiger partial charge on any atom is 0.270 e. The molecule has 0 bridgehead atoms. The number of pyridine rings is 1. The molecule has 3 rings (SSSR count). The molecule has 0 saturated carbocycles. The van der Waals surface area contributed by atoms with Crippen LogP contribution in [0.2, 0.25) is 0 Å². The van der Waals surface area contributed by atoms with E-state index in [1.54, 1.807) is 13.0 Å². The Balaban J connectivity index is 1.58. The van der Waals surface area contributed by atoms with Crippen molar-refractivity contribution >= 4 is 16.8 Å². The number of aliphatic hydroxyl groups is 1. The zero-order valence-electron chi connectivity index (χ0n) is 13.9. The number of nitrogens with one attached hydrogen (secondary N) is 1. The lowest BCUT2D eigenvalue weighted by atomic mass is 10.1. The van der Waals surface area contributed by atoms with Gasteiger partial charge in [0.15, 0.2) is 0 Å². The largest absolute Gasteiger partial charge is 0.387 e. The summed E-state index contributed by atoms with van der Waals surface area (Å²) in [6.07, 6.45) is 0. The molecule has 1 amide bonds. The number of nitrogens with zero attached hydrogens (tertiary/aromatic N) is 2. The van der Waals surface area contributed by atoms with Crippen molar-refractivity contribution in [2.45, 2.75) is 12.5 Å². The highest BCUT2D eigenvalue weighted by Gasteiger charge is 2.26. The molecule has 1 aromatic carbocycles. The molecule has 0 aliphatic carbocycles. The third-order valence-electron chi connectivity index (χ3n) is 4.13. The predicted molar refractivity (Wildman–Crippen MR) is 92.0 cm³/mol. The number of rotatable bonds is 5. The molecule has 0 spiro atoms. The van der Waals surface area contributed by atoms with Crippen molar-refractivity contribution < 1.29 is 14.6 Å². The average molecular weight is 329 g/mol. The Bertz CT molecular complexity index is 711.